The van der Waals surface area contributed by atoms with Crippen LogP contribution in [-0.4, -0.2) is 44.4 Å². The molecule has 282 valence electrons. The molecule has 0 spiro atoms. The summed E-state index contributed by atoms with van der Waals surface area (Å²) in [5.74, 6) is 0. The maximum atomic E-state index is 5.11. The van der Waals surface area contributed by atoms with Gasteiger partial charge in [-0.1, -0.05) is 173 Å². The Bertz CT molecular complexity index is 1640. The Hall–Kier alpha value is -2.54. The number of allylic oxidation sites excluding steroid dienone is 2. The fraction of sp³-hybridized carbons (Fsp3) is 0.286. The first-order chi connectivity index (χ1) is 24.7. The Morgan fingerprint density at radius 2 is 0.660 bits per heavy atom. The van der Waals surface area contributed by atoms with Gasteiger partial charge in [0.15, 0.2) is 16.5 Å². The van der Waals surface area contributed by atoms with Crippen LogP contribution < -0.4 is 0 Å². The summed E-state index contributed by atoms with van der Waals surface area (Å²) in [6.45, 7) is 27.2. The van der Waals surface area contributed by atoms with Crippen LogP contribution in [0, 0.1) is 0 Å². The molecular weight excluding hydrogens is 792 g/mol. The number of hydrogen-bond acceptors (Lipinski definition) is 2. The first kappa shape index (κ1) is 46.6. The average molecular weight is 850 g/mol. The van der Waals surface area contributed by atoms with Gasteiger partial charge in [0.25, 0.3) is 0 Å². The van der Waals surface area contributed by atoms with E-state index in [0.717, 1.165) is 45.1 Å². The minimum atomic E-state index is -1.62. The average Bonchev–Trinajstić information content (AvgIpc) is 3.07. The van der Waals surface area contributed by atoms with Crippen LogP contribution in [-0.2, 0) is 17.0 Å². The predicted octanol–water partition coefficient (Wildman–Crippen LogP) is 14.5. The molecule has 0 fully saturated rings. The molecule has 0 amide bonds. The number of nitrogens with zero attached hydrogens (tertiary/aromatic N) is 4. The second-order valence-corrected chi connectivity index (χ2v) is 37.3. The molecule has 0 saturated heterocycles. The van der Waals surface area contributed by atoms with Gasteiger partial charge < -0.3 is 19.3 Å². The summed E-state index contributed by atoms with van der Waals surface area (Å²) in [5.41, 5.74) is 8.80. The summed E-state index contributed by atoms with van der Waals surface area (Å²) in [6.07, 6.45) is 4.36. The van der Waals surface area contributed by atoms with Crippen molar-refractivity contribution in [2.45, 2.75) is 78.6 Å². The molecule has 0 N–H and O–H groups in total. The predicted molar refractivity (Wildman–Crippen MR) is 247 cm³/mol. The summed E-state index contributed by atoms with van der Waals surface area (Å²) in [7, 11) is 3.31. The van der Waals surface area contributed by atoms with E-state index < -0.39 is 50.0 Å². The zero-order valence-electron chi connectivity index (χ0n) is 33.7. The molecule has 11 heteroatoms. The second kappa shape index (κ2) is 22.1. The van der Waals surface area contributed by atoms with Gasteiger partial charge in [-0.05, 0) is 78.0 Å². The number of rotatable bonds is 12. The summed E-state index contributed by atoms with van der Waals surface area (Å²) in [6, 6.07) is 41.8. The molecule has 0 saturated carbocycles. The fourth-order valence-corrected chi connectivity index (χ4v) is 8.53. The summed E-state index contributed by atoms with van der Waals surface area (Å²) >= 11 is -0.556. The van der Waals surface area contributed by atoms with Crippen LogP contribution in [0.15, 0.2) is 143 Å². The third-order valence-electron chi connectivity index (χ3n) is 6.65. The molecule has 0 radical (unpaired) electrons. The Balaban J connectivity index is 0.000000341. The van der Waals surface area contributed by atoms with Crippen LogP contribution in [0.4, 0.5) is 0 Å². The first-order valence-electron chi connectivity index (χ1n) is 18.0. The van der Waals surface area contributed by atoms with E-state index in [9.17, 15) is 0 Å². The monoisotopic (exact) mass is 848 g/mol. The van der Waals surface area contributed by atoms with Crippen molar-refractivity contribution >= 4 is 74.4 Å². The van der Waals surface area contributed by atoms with E-state index in [4.69, 9.17) is 37.9 Å². The van der Waals surface area contributed by atoms with Crippen molar-refractivity contribution < 1.29 is 17.0 Å². The zero-order valence-corrected chi connectivity index (χ0v) is 40.8. The molecule has 0 unspecified atom stereocenters. The number of hydrogen-bond donors (Lipinski definition) is 0. The van der Waals surface area contributed by atoms with E-state index in [1.807, 2.05) is 24.3 Å². The second-order valence-electron chi connectivity index (χ2n) is 16.5. The van der Waals surface area contributed by atoms with E-state index in [-0.39, 0.29) is 0 Å². The van der Waals surface area contributed by atoms with E-state index in [2.05, 4.69) is 188 Å². The molecule has 4 aromatic rings. The van der Waals surface area contributed by atoms with Gasteiger partial charge in [-0.15, -0.1) is 11.4 Å². The van der Waals surface area contributed by atoms with Crippen molar-refractivity contribution in [3.63, 3.8) is 0 Å². The minimum absolute atomic E-state index is 0.556. The van der Waals surface area contributed by atoms with Gasteiger partial charge in [0.05, 0.1) is 11.4 Å². The standard InChI is InChI=1S/2C21H29N2Si2.2ClH.Ti/c2*1-24(2,3)22-20(18-13-9-7-10-14-18)17-21(23-25(4,5)6)19-15-11-8-12-16-19;;;/h2*7-17H,1-6H3;2*1H;/q2*-1;;;+2/p-2/b2*20-17-,23-21-;;;. The van der Waals surface area contributed by atoms with Crippen LogP contribution in [0.25, 0.3) is 21.4 Å². The number of halogens is 2. The third-order valence-corrected chi connectivity index (χ3v) is 10.3. The van der Waals surface area contributed by atoms with Gasteiger partial charge in [0.2, 0.25) is 0 Å². The van der Waals surface area contributed by atoms with Gasteiger partial charge in [-0.3, -0.25) is 0 Å². The Morgan fingerprint density at radius 1 is 0.434 bits per heavy atom. The third kappa shape index (κ3) is 20.6. The maximum absolute atomic E-state index is 5.11. The Morgan fingerprint density at radius 3 is 0.868 bits per heavy atom. The molecule has 0 bridgehead atoms. The van der Waals surface area contributed by atoms with E-state index in [1.54, 1.807) is 0 Å². The molecule has 4 aromatic carbocycles. The summed E-state index contributed by atoms with van der Waals surface area (Å²) < 4.78 is 10.2. The van der Waals surface area contributed by atoms with Crippen LogP contribution in [0.3, 0.4) is 0 Å². The molecule has 4 nitrogen and oxygen atoms in total. The van der Waals surface area contributed by atoms with E-state index >= 15 is 0 Å². The van der Waals surface area contributed by atoms with Gasteiger partial charge in [-0.2, -0.15) is 0 Å². The van der Waals surface area contributed by atoms with Crippen molar-refractivity contribution in [2.75, 3.05) is 0 Å². The quantitative estimate of drug-likeness (QED) is 0.101. The van der Waals surface area contributed by atoms with Crippen LogP contribution in [0.2, 0.25) is 78.6 Å². The van der Waals surface area contributed by atoms with Gasteiger partial charge in [0, 0.05) is 0 Å². The molecular formula is C42H58Cl2N4Si4Ti-2. The molecule has 0 aliphatic heterocycles. The summed E-state index contributed by atoms with van der Waals surface area (Å²) in [4.78, 5) is 10.2. The Labute approximate surface area is 342 Å². The van der Waals surface area contributed by atoms with E-state index in [0.29, 0.717) is 0 Å². The summed E-state index contributed by atoms with van der Waals surface area (Å²) in [5, 5.41) is 0. The Kier molecular flexibility index (Phi) is 19.5. The molecule has 0 aliphatic carbocycles. The molecule has 0 aliphatic rings. The van der Waals surface area contributed by atoms with Gasteiger partial charge in [0.1, 0.15) is 0 Å². The van der Waals surface area contributed by atoms with Gasteiger partial charge in [-0.25, -0.2) is 0 Å². The van der Waals surface area contributed by atoms with Crippen molar-refractivity contribution in [1.29, 1.82) is 0 Å². The topological polar surface area (TPSA) is 52.9 Å². The molecule has 0 aromatic heterocycles. The van der Waals surface area contributed by atoms with Crippen molar-refractivity contribution in [2.24, 2.45) is 9.32 Å². The van der Waals surface area contributed by atoms with Gasteiger partial charge >= 0.3 is 35.6 Å². The first-order valence-corrected chi connectivity index (χ1v) is 36.1. The van der Waals surface area contributed by atoms with Crippen molar-refractivity contribution in [1.82, 2.24) is 0 Å². The van der Waals surface area contributed by atoms with Crippen molar-refractivity contribution in [3.8, 4) is 0 Å². The normalized spacial score (nSPS) is 13.2. The molecule has 0 atom stereocenters. The van der Waals surface area contributed by atoms with Crippen LogP contribution in [0.5, 0.6) is 0 Å². The number of benzene rings is 4. The SMILES string of the molecule is C[Si](C)(C)/N=C(/C=C(\[N-][Si](C)(C)C)c1ccccc1)c1ccccc1.C[Si](C)(C)/N=C(/C=C(\[N-][Si](C)(C)C)c1ccccc1)c1ccccc1.[Cl][Ti][Cl]. The molecule has 0 heterocycles. The van der Waals surface area contributed by atoms with Crippen LogP contribution >= 0.6 is 18.6 Å². The molecule has 4 rings (SSSR count). The zero-order chi connectivity index (χ0) is 39.7. The van der Waals surface area contributed by atoms with Crippen molar-refractivity contribution in [3.05, 3.63) is 166 Å². The van der Waals surface area contributed by atoms with Crippen LogP contribution in [0.1, 0.15) is 22.3 Å². The fourth-order valence-electron chi connectivity index (χ4n) is 4.86. The molecule has 53 heavy (non-hydrogen) atoms. The van der Waals surface area contributed by atoms with E-state index in [1.165, 1.54) is 0 Å².